The van der Waals surface area contributed by atoms with Gasteiger partial charge in [-0.25, -0.2) is 0 Å². The number of hydrogen-bond acceptors (Lipinski definition) is 2. The molecule has 1 nitrogen and oxygen atoms in total. The van der Waals surface area contributed by atoms with E-state index in [1.165, 1.54) is 36.1 Å². The van der Waals surface area contributed by atoms with Gasteiger partial charge in [0.25, 0.3) is 0 Å². The van der Waals surface area contributed by atoms with Crippen LogP contribution in [0.5, 0.6) is 0 Å². The third kappa shape index (κ3) is 3.05. The van der Waals surface area contributed by atoms with Gasteiger partial charge >= 0.3 is 0 Å². The summed E-state index contributed by atoms with van der Waals surface area (Å²) in [6, 6.07) is 7.25. The number of rotatable bonds is 4. The highest BCUT2D eigenvalue weighted by atomic mass is 32.2. The zero-order valence-electron chi connectivity index (χ0n) is 11.1. The number of aryl methyl sites for hydroxylation is 2. The molecule has 1 aliphatic heterocycles. The molecular formula is C15H23NS. The van der Waals surface area contributed by atoms with Crippen LogP contribution < -0.4 is 5.32 Å². The zero-order chi connectivity index (χ0) is 12.3. The molecule has 2 rings (SSSR count). The Bertz CT molecular complexity index is 349. The van der Waals surface area contributed by atoms with Gasteiger partial charge in [0.1, 0.15) is 0 Å². The van der Waals surface area contributed by atoms with Gasteiger partial charge in [0.05, 0.1) is 0 Å². The van der Waals surface area contributed by atoms with Crippen molar-refractivity contribution >= 4 is 11.8 Å². The first kappa shape index (κ1) is 13.0. The lowest BCUT2D eigenvalue weighted by atomic mass is 9.94. The van der Waals surface area contributed by atoms with Crippen LogP contribution in [-0.2, 0) is 6.42 Å². The maximum Gasteiger partial charge on any atom is 0.0224 e. The van der Waals surface area contributed by atoms with Gasteiger partial charge < -0.3 is 5.32 Å². The Morgan fingerprint density at radius 2 is 2.06 bits per heavy atom. The first-order valence-corrected chi connectivity index (χ1v) is 7.61. The number of nitrogens with one attached hydrogen (secondary N) is 1. The second kappa shape index (κ2) is 5.92. The molecule has 1 aromatic rings. The minimum Gasteiger partial charge on any atom is -0.316 e. The molecule has 0 spiro atoms. The van der Waals surface area contributed by atoms with Gasteiger partial charge in [-0.1, -0.05) is 18.2 Å². The molecule has 2 unspecified atom stereocenters. The fourth-order valence-corrected chi connectivity index (χ4v) is 4.16. The molecule has 1 heterocycles. The molecule has 0 aliphatic carbocycles. The highest BCUT2D eigenvalue weighted by molar-refractivity contribution is 8.00. The van der Waals surface area contributed by atoms with E-state index < -0.39 is 0 Å². The van der Waals surface area contributed by atoms with Crippen molar-refractivity contribution in [3.8, 4) is 0 Å². The summed E-state index contributed by atoms with van der Waals surface area (Å²) < 4.78 is 0. The van der Waals surface area contributed by atoms with E-state index in [0.717, 1.165) is 5.25 Å². The summed E-state index contributed by atoms with van der Waals surface area (Å²) in [5.41, 5.74) is 4.42. The van der Waals surface area contributed by atoms with Crippen molar-refractivity contribution in [3.05, 3.63) is 34.9 Å². The van der Waals surface area contributed by atoms with Crippen LogP contribution in [0.1, 0.15) is 29.5 Å². The average molecular weight is 249 g/mol. The highest BCUT2D eigenvalue weighted by Crippen LogP contribution is 2.30. The zero-order valence-corrected chi connectivity index (χ0v) is 11.9. The maximum atomic E-state index is 3.53. The molecule has 1 aliphatic rings. The van der Waals surface area contributed by atoms with Crippen molar-refractivity contribution in [1.82, 2.24) is 5.32 Å². The van der Waals surface area contributed by atoms with Crippen molar-refractivity contribution in [2.75, 3.05) is 12.8 Å². The Hall–Kier alpha value is -0.470. The molecule has 0 aromatic heterocycles. The largest absolute Gasteiger partial charge is 0.316 e. The highest BCUT2D eigenvalue weighted by Gasteiger charge is 2.25. The molecule has 0 saturated carbocycles. The van der Waals surface area contributed by atoms with E-state index in [9.17, 15) is 0 Å². The summed E-state index contributed by atoms with van der Waals surface area (Å²) >= 11 is 2.14. The lowest BCUT2D eigenvalue weighted by Gasteiger charge is -2.24. The van der Waals surface area contributed by atoms with Crippen molar-refractivity contribution in [3.63, 3.8) is 0 Å². The molecule has 2 heteroatoms. The van der Waals surface area contributed by atoms with Crippen LogP contribution in [0.15, 0.2) is 18.2 Å². The topological polar surface area (TPSA) is 12.0 Å². The first-order chi connectivity index (χ1) is 8.22. The molecule has 1 N–H and O–H groups in total. The van der Waals surface area contributed by atoms with Crippen LogP contribution in [0.25, 0.3) is 0 Å². The Kier molecular flexibility index (Phi) is 4.52. The van der Waals surface area contributed by atoms with E-state index in [-0.39, 0.29) is 0 Å². The monoisotopic (exact) mass is 249 g/mol. The predicted molar refractivity (Wildman–Crippen MR) is 77.9 cm³/mol. The van der Waals surface area contributed by atoms with Gasteiger partial charge in [-0.3, -0.25) is 0 Å². The second-order valence-electron chi connectivity index (χ2n) is 5.02. The number of benzene rings is 1. The summed E-state index contributed by atoms with van der Waals surface area (Å²) in [7, 11) is 2.11. The smallest absolute Gasteiger partial charge is 0.0224 e. The predicted octanol–water partition coefficient (Wildman–Crippen LogP) is 3.33. The third-order valence-electron chi connectivity index (χ3n) is 3.85. The number of thioether (sulfide) groups is 1. The number of hydrogen-bond donors (Lipinski definition) is 1. The summed E-state index contributed by atoms with van der Waals surface area (Å²) in [6.45, 7) is 4.47. The number of likely N-dealkylation sites (N-methyl/N-ethyl adjacent to an activating group) is 1. The molecular weight excluding hydrogens is 226 g/mol. The standard InChI is InChI=1S/C15H23NS/c1-11-6-4-7-12(2)13(11)10-14(16-3)15-8-5-9-17-15/h4,6-7,14-16H,5,8-10H2,1-3H3. The fraction of sp³-hybridized carbons (Fsp3) is 0.600. The van der Waals surface area contributed by atoms with Crippen LogP contribution in [0.2, 0.25) is 0 Å². The van der Waals surface area contributed by atoms with Crippen molar-refractivity contribution in [2.24, 2.45) is 0 Å². The molecule has 94 valence electrons. The van der Waals surface area contributed by atoms with Crippen LogP contribution in [0.3, 0.4) is 0 Å². The molecule has 17 heavy (non-hydrogen) atoms. The first-order valence-electron chi connectivity index (χ1n) is 6.56. The minimum atomic E-state index is 0.627. The van der Waals surface area contributed by atoms with E-state index in [0.29, 0.717) is 6.04 Å². The molecule has 0 radical (unpaired) electrons. The van der Waals surface area contributed by atoms with Gasteiger partial charge in [0, 0.05) is 11.3 Å². The fourth-order valence-electron chi connectivity index (χ4n) is 2.73. The molecule has 1 fully saturated rings. The lowest BCUT2D eigenvalue weighted by Crippen LogP contribution is -2.36. The second-order valence-corrected chi connectivity index (χ2v) is 6.37. The van der Waals surface area contributed by atoms with E-state index in [1.807, 2.05) is 0 Å². The minimum absolute atomic E-state index is 0.627. The molecule has 2 atom stereocenters. The molecule has 1 aromatic carbocycles. The molecule has 1 saturated heterocycles. The van der Waals surface area contributed by atoms with Crippen LogP contribution in [0.4, 0.5) is 0 Å². The van der Waals surface area contributed by atoms with Gasteiger partial charge in [-0.05, 0) is 62.6 Å². The van der Waals surface area contributed by atoms with E-state index in [4.69, 9.17) is 0 Å². The van der Waals surface area contributed by atoms with Crippen molar-refractivity contribution in [1.29, 1.82) is 0 Å². The SMILES string of the molecule is CNC(Cc1c(C)cccc1C)C1CCCS1. The Morgan fingerprint density at radius 1 is 1.35 bits per heavy atom. The summed E-state index contributed by atoms with van der Waals surface area (Å²) in [5.74, 6) is 1.34. The van der Waals surface area contributed by atoms with Gasteiger partial charge in [0.2, 0.25) is 0 Å². The van der Waals surface area contributed by atoms with Crippen molar-refractivity contribution < 1.29 is 0 Å². The van der Waals surface area contributed by atoms with E-state index in [1.54, 1.807) is 5.56 Å². The van der Waals surface area contributed by atoms with Gasteiger partial charge in [0.15, 0.2) is 0 Å². The average Bonchev–Trinajstić information content (AvgIpc) is 2.82. The Morgan fingerprint density at radius 3 is 2.59 bits per heavy atom. The normalized spacial score (nSPS) is 21.7. The van der Waals surface area contributed by atoms with Crippen LogP contribution in [0, 0.1) is 13.8 Å². The van der Waals surface area contributed by atoms with Gasteiger partial charge in [-0.15, -0.1) is 0 Å². The third-order valence-corrected chi connectivity index (χ3v) is 5.37. The van der Waals surface area contributed by atoms with E-state index >= 15 is 0 Å². The molecule has 0 amide bonds. The van der Waals surface area contributed by atoms with E-state index in [2.05, 4.69) is 56.2 Å². The molecule has 0 bridgehead atoms. The Labute approximate surface area is 109 Å². The van der Waals surface area contributed by atoms with Crippen molar-refractivity contribution in [2.45, 2.75) is 44.4 Å². The summed E-state index contributed by atoms with van der Waals surface area (Å²) in [6.07, 6.45) is 3.94. The Balaban J connectivity index is 2.12. The van der Waals surface area contributed by atoms with Crippen LogP contribution >= 0.6 is 11.8 Å². The van der Waals surface area contributed by atoms with Crippen LogP contribution in [-0.4, -0.2) is 24.1 Å². The lowest BCUT2D eigenvalue weighted by molar-refractivity contribution is 0.522. The quantitative estimate of drug-likeness (QED) is 0.878. The van der Waals surface area contributed by atoms with Gasteiger partial charge in [-0.2, -0.15) is 11.8 Å². The summed E-state index contributed by atoms with van der Waals surface area (Å²) in [5, 5.41) is 4.33. The summed E-state index contributed by atoms with van der Waals surface area (Å²) in [4.78, 5) is 0. The maximum absolute atomic E-state index is 3.53.